The third-order valence-electron chi connectivity index (χ3n) is 3.01. The first kappa shape index (κ1) is 17.1. The van der Waals surface area contributed by atoms with E-state index in [-0.39, 0.29) is 5.97 Å². The highest BCUT2D eigenvalue weighted by Crippen LogP contribution is 2.24. The van der Waals surface area contributed by atoms with E-state index in [9.17, 15) is 4.79 Å². The van der Waals surface area contributed by atoms with Crippen LogP contribution in [-0.4, -0.2) is 30.4 Å². The maximum Gasteiger partial charge on any atom is 0.326 e. The summed E-state index contributed by atoms with van der Waals surface area (Å²) in [7, 11) is 0. The number of ether oxygens (including phenoxy) is 1. The van der Waals surface area contributed by atoms with Gasteiger partial charge >= 0.3 is 5.97 Å². The second-order valence-corrected chi connectivity index (χ2v) is 6.13. The zero-order chi connectivity index (χ0) is 15.0. The molecular formula is C16H25NO2S. The van der Waals surface area contributed by atoms with Crippen LogP contribution < -0.4 is 5.32 Å². The molecule has 0 aromatic heterocycles. The first-order valence-electron chi connectivity index (χ1n) is 7.13. The third-order valence-corrected chi connectivity index (χ3v) is 4.32. The average Bonchev–Trinajstić information content (AvgIpc) is 2.43. The standard InChI is InChI=1S/C16H25NO2S/c1-5-10-17-16(4,15(18)19-6-2)12-20-14-9-7-8-13(3)11-14/h7-9,11,17H,5-6,10,12H2,1-4H3. The molecule has 1 aromatic carbocycles. The number of hydrogen-bond acceptors (Lipinski definition) is 4. The van der Waals surface area contributed by atoms with E-state index < -0.39 is 5.54 Å². The Bertz CT molecular complexity index is 436. The van der Waals surface area contributed by atoms with E-state index in [1.807, 2.05) is 19.9 Å². The highest BCUT2D eigenvalue weighted by Gasteiger charge is 2.34. The topological polar surface area (TPSA) is 38.3 Å². The summed E-state index contributed by atoms with van der Waals surface area (Å²) in [6.45, 7) is 9.15. The molecule has 0 fully saturated rings. The van der Waals surface area contributed by atoms with E-state index in [0.29, 0.717) is 12.4 Å². The predicted molar refractivity (Wildman–Crippen MR) is 85.2 cm³/mol. The van der Waals surface area contributed by atoms with E-state index in [1.54, 1.807) is 11.8 Å². The lowest BCUT2D eigenvalue weighted by atomic mass is 10.1. The van der Waals surface area contributed by atoms with E-state index in [4.69, 9.17) is 4.74 Å². The van der Waals surface area contributed by atoms with Crippen LogP contribution in [-0.2, 0) is 9.53 Å². The predicted octanol–water partition coefficient (Wildman–Crippen LogP) is 3.41. The Labute approximate surface area is 126 Å². The van der Waals surface area contributed by atoms with Crippen molar-refractivity contribution in [2.24, 2.45) is 0 Å². The third kappa shape index (κ3) is 5.17. The van der Waals surface area contributed by atoms with Crippen molar-refractivity contribution < 1.29 is 9.53 Å². The molecule has 0 saturated carbocycles. The molecule has 0 radical (unpaired) electrons. The maximum atomic E-state index is 12.2. The minimum atomic E-state index is -0.638. The number of thioether (sulfide) groups is 1. The van der Waals surface area contributed by atoms with Crippen molar-refractivity contribution in [3.63, 3.8) is 0 Å². The van der Waals surface area contributed by atoms with Crippen LogP contribution >= 0.6 is 11.8 Å². The van der Waals surface area contributed by atoms with Crippen LogP contribution in [0.3, 0.4) is 0 Å². The Morgan fingerprint density at radius 2 is 2.15 bits per heavy atom. The van der Waals surface area contributed by atoms with Crippen molar-refractivity contribution in [3.8, 4) is 0 Å². The fraction of sp³-hybridized carbons (Fsp3) is 0.562. The lowest BCUT2D eigenvalue weighted by molar-refractivity contribution is -0.149. The molecule has 112 valence electrons. The van der Waals surface area contributed by atoms with Crippen LogP contribution in [0.1, 0.15) is 32.8 Å². The van der Waals surface area contributed by atoms with Crippen LogP contribution in [0, 0.1) is 6.92 Å². The van der Waals surface area contributed by atoms with Gasteiger partial charge in [0.15, 0.2) is 0 Å². The molecule has 0 bridgehead atoms. The van der Waals surface area contributed by atoms with Crippen LogP contribution in [0.25, 0.3) is 0 Å². The van der Waals surface area contributed by atoms with Crippen LogP contribution in [0.15, 0.2) is 29.2 Å². The molecule has 0 aliphatic rings. The van der Waals surface area contributed by atoms with Gasteiger partial charge in [-0.1, -0.05) is 24.6 Å². The highest BCUT2D eigenvalue weighted by molar-refractivity contribution is 7.99. The maximum absolute atomic E-state index is 12.2. The summed E-state index contributed by atoms with van der Waals surface area (Å²) in [5.74, 6) is 0.489. The summed E-state index contributed by atoms with van der Waals surface area (Å²) >= 11 is 1.68. The van der Waals surface area contributed by atoms with Crippen molar-refractivity contribution in [2.45, 2.75) is 44.6 Å². The molecule has 20 heavy (non-hydrogen) atoms. The number of rotatable bonds is 8. The molecule has 1 atom stereocenters. The van der Waals surface area contributed by atoms with Gasteiger partial charge in [-0.25, -0.2) is 0 Å². The van der Waals surface area contributed by atoms with Crippen molar-refractivity contribution in [3.05, 3.63) is 29.8 Å². The quantitative estimate of drug-likeness (QED) is 0.589. The molecular weight excluding hydrogens is 270 g/mol. The monoisotopic (exact) mass is 295 g/mol. The fourth-order valence-corrected chi connectivity index (χ4v) is 2.93. The Morgan fingerprint density at radius 1 is 1.40 bits per heavy atom. The van der Waals surface area contributed by atoms with Gasteiger partial charge in [0.05, 0.1) is 6.61 Å². The summed E-state index contributed by atoms with van der Waals surface area (Å²) < 4.78 is 5.20. The Kier molecular flexibility index (Phi) is 7.10. The van der Waals surface area contributed by atoms with Gasteiger partial charge in [-0.15, -0.1) is 11.8 Å². The smallest absolute Gasteiger partial charge is 0.326 e. The Balaban J connectivity index is 2.71. The van der Waals surface area contributed by atoms with Crippen LogP contribution in [0.5, 0.6) is 0 Å². The van der Waals surface area contributed by atoms with Crippen LogP contribution in [0.2, 0.25) is 0 Å². The average molecular weight is 295 g/mol. The van der Waals surface area contributed by atoms with E-state index in [2.05, 4.69) is 37.4 Å². The number of nitrogens with one attached hydrogen (secondary N) is 1. The summed E-state index contributed by atoms with van der Waals surface area (Å²) in [6, 6.07) is 8.32. The Hall–Kier alpha value is -1.00. The van der Waals surface area contributed by atoms with E-state index in [1.165, 1.54) is 10.5 Å². The van der Waals surface area contributed by atoms with Gasteiger partial charge in [-0.05, 0) is 45.9 Å². The fourth-order valence-electron chi connectivity index (χ4n) is 1.81. The van der Waals surface area contributed by atoms with Gasteiger partial charge in [0, 0.05) is 10.6 Å². The number of hydrogen-bond donors (Lipinski definition) is 1. The number of carbonyl (C=O) groups excluding carboxylic acids is 1. The Morgan fingerprint density at radius 3 is 2.75 bits per heavy atom. The number of esters is 1. The summed E-state index contributed by atoms with van der Waals surface area (Å²) in [6.07, 6.45) is 0.990. The molecule has 0 amide bonds. The number of aryl methyl sites for hydroxylation is 1. The molecule has 0 saturated heterocycles. The molecule has 1 rings (SSSR count). The first-order valence-corrected chi connectivity index (χ1v) is 8.12. The van der Waals surface area contributed by atoms with Crippen molar-refractivity contribution >= 4 is 17.7 Å². The highest BCUT2D eigenvalue weighted by atomic mass is 32.2. The zero-order valence-electron chi connectivity index (χ0n) is 12.9. The summed E-state index contributed by atoms with van der Waals surface area (Å²) in [4.78, 5) is 13.3. The van der Waals surface area contributed by atoms with Crippen molar-refractivity contribution in [2.75, 3.05) is 18.9 Å². The molecule has 1 unspecified atom stereocenters. The normalized spacial score (nSPS) is 13.8. The van der Waals surface area contributed by atoms with Crippen molar-refractivity contribution in [1.29, 1.82) is 0 Å². The first-order chi connectivity index (χ1) is 9.51. The van der Waals surface area contributed by atoms with Gasteiger partial charge in [0.25, 0.3) is 0 Å². The summed E-state index contributed by atoms with van der Waals surface area (Å²) in [5.41, 5.74) is 0.592. The molecule has 4 heteroatoms. The van der Waals surface area contributed by atoms with Gasteiger partial charge < -0.3 is 10.1 Å². The second-order valence-electron chi connectivity index (χ2n) is 5.08. The molecule has 1 aromatic rings. The lowest BCUT2D eigenvalue weighted by Gasteiger charge is -2.28. The molecule has 0 heterocycles. The molecule has 0 aliphatic heterocycles. The van der Waals surface area contributed by atoms with E-state index in [0.717, 1.165) is 13.0 Å². The minimum Gasteiger partial charge on any atom is -0.465 e. The van der Waals surface area contributed by atoms with Crippen molar-refractivity contribution in [1.82, 2.24) is 5.32 Å². The molecule has 0 spiro atoms. The zero-order valence-corrected chi connectivity index (χ0v) is 13.7. The van der Waals surface area contributed by atoms with Gasteiger partial charge in [-0.2, -0.15) is 0 Å². The SMILES string of the molecule is CCCNC(C)(CSc1cccc(C)c1)C(=O)OCC. The number of benzene rings is 1. The van der Waals surface area contributed by atoms with Gasteiger partial charge in [0.2, 0.25) is 0 Å². The van der Waals surface area contributed by atoms with E-state index >= 15 is 0 Å². The summed E-state index contributed by atoms with van der Waals surface area (Å²) in [5, 5.41) is 3.32. The van der Waals surface area contributed by atoms with Gasteiger partial charge in [-0.3, -0.25) is 4.79 Å². The van der Waals surface area contributed by atoms with Crippen LogP contribution in [0.4, 0.5) is 0 Å². The second kappa shape index (κ2) is 8.32. The van der Waals surface area contributed by atoms with Gasteiger partial charge in [0.1, 0.15) is 5.54 Å². The number of carbonyl (C=O) groups is 1. The largest absolute Gasteiger partial charge is 0.465 e. The molecule has 1 N–H and O–H groups in total. The molecule has 0 aliphatic carbocycles. The molecule has 3 nitrogen and oxygen atoms in total. The lowest BCUT2D eigenvalue weighted by Crippen LogP contribution is -2.52. The minimum absolute atomic E-state index is 0.173.